The summed E-state index contributed by atoms with van der Waals surface area (Å²) in [6.45, 7) is 0.561. The highest BCUT2D eigenvalue weighted by atomic mass is 35.5. The minimum absolute atomic E-state index is 0.0984. The van der Waals surface area contributed by atoms with E-state index < -0.39 is 0 Å². The molecule has 1 aliphatic heterocycles. The standard InChI is InChI=1S/C8H6ClNO2/c9-7-2-1-5-3-12-4-6(11)8(5)10-7/h1-2H,3-4H2. The quantitative estimate of drug-likeness (QED) is 0.572. The molecule has 0 saturated heterocycles. The molecule has 1 aromatic rings. The van der Waals surface area contributed by atoms with E-state index in [9.17, 15) is 4.79 Å². The Bertz CT molecular complexity index is 338. The van der Waals surface area contributed by atoms with Gasteiger partial charge >= 0.3 is 0 Å². The smallest absolute Gasteiger partial charge is 0.207 e. The Morgan fingerprint density at radius 2 is 2.25 bits per heavy atom. The van der Waals surface area contributed by atoms with E-state index in [1.807, 2.05) is 0 Å². The molecule has 0 fully saturated rings. The van der Waals surface area contributed by atoms with Crippen LogP contribution in [-0.4, -0.2) is 17.4 Å². The second-order valence-corrected chi connectivity index (χ2v) is 2.94. The summed E-state index contributed by atoms with van der Waals surface area (Å²) in [5.41, 5.74) is 1.27. The van der Waals surface area contributed by atoms with Crippen LogP contribution in [-0.2, 0) is 11.3 Å². The molecule has 62 valence electrons. The molecule has 1 aromatic heterocycles. The number of fused-ring (bicyclic) bond motifs is 1. The zero-order valence-corrected chi connectivity index (χ0v) is 6.97. The van der Waals surface area contributed by atoms with Gasteiger partial charge in [-0.1, -0.05) is 17.7 Å². The maximum absolute atomic E-state index is 11.2. The molecule has 0 amide bonds. The number of ketones is 1. The summed E-state index contributed by atoms with van der Waals surface area (Å²) in [5.74, 6) is -0.0984. The number of hydrogen-bond acceptors (Lipinski definition) is 3. The van der Waals surface area contributed by atoms with Crippen molar-refractivity contribution in [2.45, 2.75) is 6.61 Å². The second-order valence-electron chi connectivity index (χ2n) is 2.56. The van der Waals surface area contributed by atoms with Crippen LogP contribution in [0.4, 0.5) is 0 Å². The Morgan fingerprint density at radius 3 is 3.08 bits per heavy atom. The Labute approximate surface area is 74.3 Å². The lowest BCUT2D eigenvalue weighted by Gasteiger charge is -2.13. The Morgan fingerprint density at radius 1 is 1.42 bits per heavy atom. The van der Waals surface area contributed by atoms with E-state index in [0.717, 1.165) is 5.56 Å². The average Bonchev–Trinajstić information content (AvgIpc) is 2.07. The molecular formula is C8H6ClNO2. The van der Waals surface area contributed by atoms with Crippen LogP contribution in [0.3, 0.4) is 0 Å². The predicted molar refractivity (Wildman–Crippen MR) is 43.2 cm³/mol. The van der Waals surface area contributed by atoms with Gasteiger partial charge in [-0.15, -0.1) is 0 Å². The fraction of sp³-hybridized carbons (Fsp3) is 0.250. The number of aromatic nitrogens is 1. The maximum Gasteiger partial charge on any atom is 0.207 e. The number of carbonyl (C=O) groups excluding carboxylic acids is 1. The number of rotatable bonds is 0. The molecule has 1 aliphatic rings. The van der Waals surface area contributed by atoms with Gasteiger partial charge in [0.1, 0.15) is 17.5 Å². The van der Waals surface area contributed by atoms with Gasteiger partial charge in [0, 0.05) is 5.56 Å². The second kappa shape index (κ2) is 2.84. The van der Waals surface area contributed by atoms with Crippen LogP contribution in [0.15, 0.2) is 12.1 Å². The number of ether oxygens (including phenoxy) is 1. The lowest BCUT2D eigenvalue weighted by Crippen LogP contribution is -2.19. The maximum atomic E-state index is 11.2. The minimum Gasteiger partial charge on any atom is -0.368 e. The van der Waals surface area contributed by atoms with E-state index in [-0.39, 0.29) is 12.4 Å². The number of nitrogens with zero attached hydrogens (tertiary/aromatic N) is 1. The first-order chi connectivity index (χ1) is 5.77. The zero-order valence-electron chi connectivity index (χ0n) is 6.21. The Hall–Kier alpha value is -0.930. The van der Waals surface area contributed by atoms with Crippen molar-refractivity contribution >= 4 is 17.4 Å². The summed E-state index contributed by atoms with van der Waals surface area (Å²) in [6.07, 6.45) is 0. The normalized spacial score (nSPS) is 15.9. The molecule has 0 bridgehead atoms. The van der Waals surface area contributed by atoms with Crippen molar-refractivity contribution in [3.05, 3.63) is 28.5 Å². The minimum atomic E-state index is -0.0984. The third-order valence-corrected chi connectivity index (χ3v) is 1.91. The molecular weight excluding hydrogens is 178 g/mol. The van der Waals surface area contributed by atoms with Gasteiger partial charge in [-0.3, -0.25) is 4.79 Å². The van der Waals surface area contributed by atoms with E-state index >= 15 is 0 Å². The van der Waals surface area contributed by atoms with Crippen molar-refractivity contribution in [2.24, 2.45) is 0 Å². The molecule has 0 saturated carbocycles. The highest BCUT2D eigenvalue weighted by Gasteiger charge is 2.18. The largest absolute Gasteiger partial charge is 0.368 e. The van der Waals surface area contributed by atoms with Crippen molar-refractivity contribution in [1.82, 2.24) is 4.98 Å². The van der Waals surface area contributed by atoms with Crippen molar-refractivity contribution < 1.29 is 9.53 Å². The van der Waals surface area contributed by atoms with Crippen LogP contribution in [0.5, 0.6) is 0 Å². The van der Waals surface area contributed by atoms with Gasteiger partial charge in [0.2, 0.25) is 5.78 Å². The van der Waals surface area contributed by atoms with Gasteiger partial charge in [0.15, 0.2) is 0 Å². The fourth-order valence-corrected chi connectivity index (χ4v) is 1.29. The molecule has 0 unspecified atom stereocenters. The highest BCUT2D eigenvalue weighted by molar-refractivity contribution is 6.29. The summed E-state index contributed by atoms with van der Waals surface area (Å²) in [6, 6.07) is 3.42. The van der Waals surface area contributed by atoms with Gasteiger partial charge in [-0.2, -0.15) is 0 Å². The molecule has 0 atom stereocenters. The van der Waals surface area contributed by atoms with Gasteiger partial charge < -0.3 is 4.74 Å². The van der Waals surface area contributed by atoms with Crippen LogP contribution in [0.1, 0.15) is 16.1 Å². The molecule has 2 heterocycles. The van der Waals surface area contributed by atoms with Gasteiger partial charge in [-0.05, 0) is 6.07 Å². The number of Topliss-reactive ketones (excluding diaryl/α,β-unsaturated/α-hetero) is 1. The lowest BCUT2D eigenvalue weighted by molar-refractivity contribution is 0.0657. The molecule has 12 heavy (non-hydrogen) atoms. The van der Waals surface area contributed by atoms with Crippen LogP contribution in [0.2, 0.25) is 5.15 Å². The first-order valence-corrected chi connectivity index (χ1v) is 3.91. The summed E-state index contributed by atoms with van der Waals surface area (Å²) in [5, 5.41) is 0.351. The number of hydrogen-bond donors (Lipinski definition) is 0. The molecule has 2 rings (SSSR count). The highest BCUT2D eigenvalue weighted by Crippen LogP contribution is 2.16. The molecule has 3 nitrogen and oxygen atoms in total. The summed E-state index contributed by atoms with van der Waals surface area (Å²) >= 11 is 5.64. The van der Waals surface area contributed by atoms with E-state index in [4.69, 9.17) is 16.3 Å². The molecule has 0 aliphatic carbocycles. The van der Waals surface area contributed by atoms with Crippen LogP contribution in [0.25, 0.3) is 0 Å². The van der Waals surface area contributed by atoms with Crippen LogP contribution in [0, 0.1) is 0 Å². The summed E-state index contributed by atoms with van der Waals surface area (Å²) in [4.78, 5) is 15.1. The lowest BCUT2D eigenvalue weighted by atomic mass is 10.1. The van der Waals surface area contributed by atoms with Crippen LogP contribution < -0.4 is 0 Å². The molecule has 0 aromatic carbocycles. The van der Waals surface area contributed by atoms with Crippen molar-refractivity contribution in [1.29, 1.82) is 0 Å². The number of carbonyl (C=O) groups is 1. The van der Waals surface area contributed by atoms with E-state index in [0.29, 0.717) is 17.5 Å². The van der Waals surface area contributed by atoms with Crippen molar-refractivity contribution in [3.8, 4) is 0 Å². The van der Waals surface area contributed by atoms with Crippen molar-refractivity contribution in [3.63, 3.8) is 0 Å². The predicted octanol–water partition coefficient (Wildman–Crippen LogP) is 1.45. The molecule has 0 spiro atoms. The van der Waals surface area contributed by atoms with Crippen molar-refractivity contribution in [2.75, 3.05) is 6.61 Å². The number of halogens is 1. The fourth-order valence-electron chi connectivity index (χ4n) is 1.14. The topological polar surface area (TPSA) is 39.2 Å². The van der Waals surface area contributed by atoms with E-state index in [1.165, 1.54) is 0 Å². The van der Waals surface area contributed by atoms with E-state index in [2.05, 4.69) is 4.98 Å². The third kappa shape index (κ3) is 1.21. The Balaban J connectivity index is 2.54. The molecule has 4 heteroatoms. The average molecular weight is 184 g/mol. The summed E-state index contributed by atoms with van der Waals surface area (Å²) < 4.78 is 5.02. The van der Waals surface area contributed by atoms with Crippen LogP contribution >= 0.6 is 11.6 Å². The van der Waals surface area contributed by atoms with Gasteiger partial charge in [-0.25, -0.2) is 4.98 Å². The monoisotopic (exact) mass is 183 g/mol. The Kier molecular flexibility index (Phi) is 1.83. The third-order valence-electron chi connectivity index (χ3n) is 1.70. The van der Waals surface area contributed by atoms with Gasteiger partial charge in [0.25, 0.3) is 0 Å². The summed E-state index contributed by atoms with van der Waals surface area (Å²) in [7, 11) is 0. The zero-order chi connectivity index (χ0) is 8.55. The SMILES string of the molecule is O=C1COCc2ccc(Cl)nc21. The molecule has 0 radical (unpaired) electrons. The van der Waals surface area contributed by atoms with Gasteiger partial charge in [0.05, 0.1) is 6.61 Å². The first kappa shape index (κ1) is 7.71. The first-order valence-electron chi connectivity index (χ1n) is 3.54. The number of pyridine rings is 1. The van der Waals surface area contributed by atoms with E-state index in [1.54, 1.807) is 12.1 Å². The molecule has 0 N–H and O–H groups in total.